The molecular formula is C16H17ClN4O. The molecule has 0 unspecified atom stereocenters. The standard InChI is InChI=1S/C16H17ClN4O/c17-13-3-5-18-7-11(13)8-21-6-4-14-12(9-21)16(22)20-15(19-14)10-1-2-10/h3,5,7,10H,1-2,4,6,8-9H2,(H,19,20,22). The van der Waals surface area contributed by atoms with Crippen molar-refractivity contribution in [2.75, 3.05) is 6.54 Å². The zero-order valence-corrected chi connectivity index (χ0v) is 12.9. The monoisotopic (exact) mass is 316 g/mol. The molecule has 0 radical (unpaired) electrons. The van der Waals surface area contributed by atoms with E-state index in [1.807, 2.05) is 0 Å². The summed E-state index contributed by atoms with van der Waals surface area (Å²) in [6.07, 6.45) is 6.58. The second-order valence-electron chi connectivity index (χ2n) is 6.08. The first-order valence-electron chi connectivity index (χ1n) is 7.63. The van der Waals surface area contributed by atoms with E-state index in [1.165, 1.54) is 0 Å². The molecule has 114 valence electrons. The van der Waals surface area contributed by atoms with Crippen molar-refractivity contribution < 1.29 is 0 Å². The van der Waals surface area contributed by atoms with Crippen LogP contribution in [0.5, 0.6) is 0 Å². The summed E-state index contributed by atoms with van der Waals surface area (Å²) in [5.41, 5.74) is 2.79. The van der Waals surface area contributed by atoms with Crippen LogP contribution in [0.1, 0.15) is 41.4 Å². The van der Waals surface area contributed by atoms with Gasteiger partial charge in [0.1, 0.15) is 5.82 Å². The SMILES string of the molecule is O=c1[nH]c(C2CC2)nc2c1CN(Cc1cnccc1Cl)CC2. The Kier molecular flexibility index (Phi) is 3.47. The highest BCUT2D eigenvalue weighted by Gasteiger charge is 2.29. The van der Waals surface area contributed by atoms with Crippen LogP contribution >= 0.6 is 11.6 Å². The van der Waals surface area contributed by atoms with Gasteiger partial charge >= 0.3 is 0 Å². The number of pyridine rings is 1. The quantitative estimate of drug-likeness (QED) is 0.943. The summed E-state index contributed by atoms with van der Waals surface area (Å²) in [4.78, 5) is 26.3. The van der Waals surface area contributed by atoms with Gasteiger partial charge in [0.05, 0.1) is 11.3 Å². The molecule has 1 N–H and O–H groups in total. The first-order chi connectivity index (χ1) is 10.7. The second kappa shape index (κ2) is 5.48. The van der Waals surface area contributed by atoms with Crippen LogP contribution in [0.2, 0.25) is 5.02 Å². The van der Waals surface area contributed by atoms with E-state index in [4.69, 9.17) is 11.6 Å². The fourth-order valence-corrected chi connectivity index (χ4v) is 3.12. The smallest absolute Gasteiger partial charge is 0.255 e. The van der Waals surface area contributed by atoms with Crippen molar-refractivity contribution >= 4 is 11.6 Å². The van der Waals surface area contributed by atoms with E-state index in [1.54, 1.807) is 18.5 Å². The maximum absolute atomic E-state index is 12.3. The predicted molar refractivity (Wildman–Crippen MR) is 83.9 cm³/mol. The molecule has 2 aromatic heterocycles. The molecule has 1 saturated carbocycles. The highest BCUT2D eigenvalue weighted by atomic mass is 35.5. The van der Waals surface area contributed by atoms with Gasteiger partial charge in [0.15, 0.2) is 0 Å². The Balaban J connectivity index is 1.56. The van der Waals surface area contributed by atoms with E-state index in [0.717, 1.165) is 53.5 Å². The van der Waals surface area contributed by atoms with Crippen LogP contribution in [0, 0.1) is 0 Å². The average molecular weight is 317 g/mol. The number of fused-ring (bicyclic) bond motifs is 1. The third-order valence-electron chi connectivity index (χ3n) is 4.37. The Labute approximate surface area is 133 Å². The van der Waals surface area contributed by atoms with Gasteiger partial charge in [-0.1, -0.05) is 11.6 Å². The molecule has 0 amide bonds. The Morgan fingerprint density at radius 1 is 1.41 bits per heavy atom. The van der Waals surface area contributed by atoms with Gasteiger partial charge in [-0.15, -0.1) is 0 Å². The lowest BCUT2D eigenvalue weighted by Crippen LogP contribution is -2.35. The predicted octanol–water partition coefficient (Wildman–Crippen LogP) is 2.25. The van der Waals surface area contributed by atoms with Crippen LogP contribution in [0.4, 0.5) is 0 Å². The third-order valence-corrected chi connectivity index (χ3v) is 4.74. The number of rotatable bonds is 3. The summed E-state index contributed by atoms with van der Waals surface area (Å²) >= 11 is 6.19. The summed E-state index contributed by atoms with van der Waals surface area (Å²) in [5.74, 6) is 1.36. The molecule has 4 rings (SSSR count). The van der Waals surface area contributed by atoms with Crippen LogP contribution in [0.25, 0.3) is 0 Å². The molecule has 5 nitrogen and oxygen atoms in total. The zero-order chi connectivity index (χ0) is 15.1. The van der Waals surface area contributed by atoms with Crippen molar-refractivity contribution in [1.29, 1.82) is 0 Å². The minimum Gasteiger partial charge on any atom is -0.310 e. The van der Waals surface area contributed by atoms with Crippen LogP contribution in [0.15, 0.2) is 23.3 Å². The van der Waals surface area contributed by atoms with E-state index in [2.05, 4.69) is 19.9 Å². The summed E-state index contributed by atoms with van der Waals surface area (Å²) < 4.78 is 0. The Hall–Kier alpha value is -1.72. The Morgan fingerprint density at radius 2 is 2.27 bits per heavy atom. The molecule has 1 aliphatic carbocycles. The molecule has 1 fully saturated rings. The van der Waals surface area contributed by atoms with Crippen molar-refractivity contribution in [3.8, 4) is 0 Å². The summed E-state index contributed by atoms with van der Waals surface area (Å²) in [6.45, 7) is 2.21. The molecule has 6 heteroatoms. The fourth-order valence-electron chi connectivity index (χ4n) is 2.95. The molecule has 3 heterocycles. The van der Waals surface area contributed by atoms with Gasteiger partial charge in [0.25, 0.3) is 5.56 Å². The van der Waals surface area contributed by atoms with Gasteiger partial charge in [-0.25, -0.2) is 4.98 Å². The van der Waals surface area contributed by atoms with Crippen molar-refractivity contribution in [2.45, 2.75) is 38.3 Å². The minimum absolute atomic E-state index is 0.0221. The summed E-state index contributed by atoms with van der Waals surface area (Å²) in [5, 5.41) is 0.719. The van der Waals surface area contributed by atoms with Gasteiger partial charge in [-0.2, -0.15) is 0 Å². The number of H-pyrrole nitrogens is 1. The normalized spacial score (nSPS) is 18.2. The van der Waals surface area contributed by atoms with E-state index in [9.17, 15) is 4.79 Å². The summed E-state index contributed by atoms with van der Waals surface area (Å²) in [6, 6.07) is 1.80. The first-order valence-corrected chi connectivity index (χ1v) is 8.01. The van der Waals surface area contributed by atoms with Crippen molar-refractivity contribution in [1.82, 2.24) is 19.9 Å². The van der Waals surface area contributed by atoms with Crippen molar-refractivity contribution in [2.24, 2.45) is 0 Å². The molecule has 0 bridgehead atoms. The molecule has 2 aliphatic rings. The number of aromatic amines is 1. The molecule has 22 heavy (non-hydrogen) atoms. The number of hydrogen-bond acceptors (Lipinski definition) is 4. The van der Waals surface area contributed by atoms with Crippen LogP contribution in [0.3, 0.4) is 0 Å². The topological polar surface area (TPSA) is 61.9 Å². The number of nitrogens with zero attached hydrogens (tertiary/aromatic N) is 3. The van der Waals surface area contributed by atoms with Gasteiger partial charge in [-0.3, -0.25) is 14.7 Å². The van der Waals surface area contributed by atoms with Crippen molar-refractivity contribution in [3.05, 3.63) is 56.5 Å². The lowest BCUT2D eigenvalue weighted by atomic mass is 10.1. The number of aromatic nitrogens is 3. The number of halogens is 1. The van der Waals surface area contributed by atoms with E-state index >= 15 is 0 Å². The van der Waals surface area contributed by atoms with Crippen LogP contribution < -0.4 is 5.56 Å². The molecular weight excluding hydrogens is 300 g/mol. The molecule has 2 aromatic rings. The molecule has 1 aliphatic heterocycles. The van der Waals surface area contributed by atoms with Crippen LogP contribution in [-0.4, -0.2) is 26.4 Å². The Morgan fingerprint density at radius 3 is 3.05 bits per heavy atom. The van der Waals surface area contributed by atoms with Gasteiger partial charge < -0.3 is 4.98 Å². The summed E-state index contributed by atoms with van der Waals surface area (Å²) in [7, 11) is 0. The van der Waals surface area contributed by atoms with Crippen molar-refractivity contribution in [3.63, 3.8) is 0 Å². The van der Waals surface area contributed by atoms with Gasteiger partial charge in [0, 0.05) is 55.0 Å². The maximum Gasteiger partial charge on any atom is 0.255 e. The van der Waals surface area contributed by atoms with Crippen LogP contribution in [-0.2, 0) is 19.5 Å². The van der Waals surface area contributed by atoms with E-state index in [-0.39, 0.29) is 5.56 Å². The Bertz CT molecular complexity index is 769. The van der Waals surface area contributed by atoms with E-state index < -0.39 is 0 Å². The highest BCUT2D eigenvalue weighted by Crippen LogP contribution is 2.37. The fraction of sp³-hybridized carbons (Fsp3) is 0.438. The lowest BCUT2D eigenvalue weighted by molar-refractivity contribution is 0.241. The highest BCUT2D eigenvalue weighted by molar-refractivity contribution is 6.31. The average Bonchev–Trinajstić information content (AvgIpc) is 3.35. The lowest BCUT2D eigenvalue weighted by Gasteiger charge is -2.27. The largest absolute Gasteiger partial charge is 0.310 e. The maximum atomic E-state index is 12.3. The number of hydrogen-bond donors (Lipinski definition) is 1. The van der Waals surface area contributed by atoms with E-state index in [0.29, 0.717) is 19.0 Å². The third kappa shape index (κ3) is 2.66. The number of nitrogens with one attached hydrogen (secondary N) is 1. The molecule has 0 spiro atoms. The van der Waals surface area contributed by atoms with Gasteiger partial charge in [0.2, 0.25) is 0 Å². The van der Waals surface area contributed by atoms with Gasteiger partial charge in [-0.05, 0) is 18.9 Å². The second-order valence-corrected chi connectivity index (χ2v) is 6.49. The molecule has 0 saturated heterocycles. The molecule has 0 atom stereocenters. The molecule has 0 aromatic carbocycles. The first kappa shape index (κ1) is 13.9. The zero-order valence-electron chi connectivity index (χ0n) is 12.2. The minimum atomic E-state index is 0.0221.